The summed E-state index contributed by atoms with van der Waals surface area (Å²) in [4.78, 5) is 15.3. The maximum atomic E-state index is 11.2. The molecule has 3 N–H and O–H groups in total. The van der Waals surface area contributed by atoms with Gasteiger partial charge in [0.1, 0.15) is 0 Å². The van der Waals surface area contributed by atoms with E-state index in [1.807, 2.05) is 36.4 Å². The third-order valence-electron chi connectivity index (χ3n) is 2.67. The zero-order chi connectivity index (χ0) is 13.0. The van der Waals surface area contributed by atoms with Crippen molar-refractivity contribution in [3.63, 3.8) is 0 Å². The maximum Gasteiger partial charge on any atom is 0.356 e. The molecule has 0 saturated carbocycles. The van der Waals surface area contributed by atoms with Gasteiger partial charge in [-0.3, -0.25) is 0 Å². The summed E-state index contributed by atoms with van der Waals surface area (Å²) in [7, 11) is 0. The molecule has 0 radical (unpaired) electrons. The van der Waals surface area contributed by atoms with Gasteiger partial charge >= 0.3 is 5.97 Å². The number of aliphatic hydroxyl groups is 1. The normalized spacial score (nSPS) is 10.1. The Morgan fingerprint density at radius 1 is 1.11 bits per heavy atom. The van der Waals surface area contributed by atoms with Crippen molar-refractivity contribution in [1.29, 1.82) is 0 Å². The first-order valence-corrected chi connectivity index (χ1v) is 5.46. The predicted molar refractivity (Wildman–Crippen MR) is 67.4 cm³/mol. The summed E-state index contributed by atoms with van der Waals surface area (Å²) in [5.74, 6) is 4.25. The number of hydrogen-bond donors (Lipinski definition) is 2. The maximum absolute atomic E-state index is 11.2. The van der Waals surface area contributed by atoms with Crippen molar-refractivity contribution in [2.24, 2.45) is 5.90 Å². The number of nitrogens with two attached hydrogens (primary N) is 1. The molecule has 0 fully saturated rings. The van der Waals surface area contributed by atoms with E-state index >= 15 is 0 Å². The average Bonchev–Trinajstić information content (AvgIpc) is 2.46. The van der Waals surface area contributed by atoms with Crippen molar-refractivity contribution in [2.75, 3.05) is 0 Å². The van der Waals surface area contributed by atoms with Crippen LogP contribution in [0.3, 0.4) is 0 Å². The van der Waals surface area contributed by atoms with Crippen LogP contribution in [-0.4, -0.2) is 11.1 Å². The highest BCUT2D eigenvalue weighted by Gasteiger charge is 2.06. The fourth-order valence-corrected chi connectivity index (χ4v) is 1.72. The molecular formula is C14H13NO3. The van der Waals surface area contributed by atoms with Crippen molar-refractivity contribution < 1.29 is 14.7 Å². The Hall–Kier alpha value is -2.17. The molecule has 4 heteroatoms. The minimum absolute atomic E-state index is 0.00538. The van der Waals surface area contributed by atoms with Crippen LogP contribution < -0.4 is 5.90 Å². The molecule has 2 rings (SSSR count). The van der Waals surface area contributed by atoms with Gasteiger partial charge in [-0.2, -0.15) is 5.90 Å². The number of rotatable bonds is 3. The Morgan fingerprint density at radius 2 is 1.83 bits per heavy atom. The Morgan fingerprint density at radius 3 is 2.44 bits per heavy atom. The number of aliphatic hydroxyl groups excluding tert-OH is 1. The zero-order valence-electron chi connectivity index (χ0n) is 9.67. The summed E-state index contributed by atoms with van der Waals surface area (Å²) < 4.78 is 0. The van der Waals surface area contributed by atoms with Crippen molar-refractivity contribution in [3.05, 3.63) is 59.7 Å². The molecule has 0 amide bonds. The molecule has 18 heavy (non-hydrogen) atoms. The fourth-order valence-electron chi connectivity index (χ4n) is 1.72. The Labute approximate surface area is 105 Å². The van der Waals surface area contributed by atoms with E-state index < -0.39 is 5.97 Å². The molecule has 92 valence electrons. The lowest BCUT2D eigenvalue weighted by atomic mass is 10.0. The lowest BCUT2D eigenvalue weighted by Gasteiger charge is -2.05. The Bertz CT molecular complexity index is 549. The van der Waals surface area contributed by atoms with Crippen LogP contribution in [0, 0.1) is 0 Å². The minimum Gasteiger partial charge on any atom is -0.392 e. The van der Waals surface area contributed by atoms with Crippen molar-refractivity contribution >= 4 is 5.97 Å². The van der Waals surface area contributed by atoms with Gasteiger partial charge in [0.15, 0.2) is 0 Å². The highest BCUT2D eigenvalue weighted by molar-refractivity contribution is 5.89. The summed E-state index contributed by atoms with van der Waals surface area (Å²) in [5, 5.41) is 9.08. The van der Waals surface area contributed by atoms with Gasteiger partial charge in [-0.05, 0) is 34.9 Å². The van der Waals surface area contributed by atoms with Gasteiger partial charge in [-0.15, -0.1) is 0 Å². The summed E-state index contributed by atoms with van der Waals surface area (Å²) in [6.07, 6.45) is 0. The van der Waals surface area contributed by atoms with E-state index in [4.69, 9.17) is 11.0 Å². The summed E-state index contributed by atoms with van der Waals surface area (Å²) in [6, 6.07) is 14.5. The smallest absolute Gasteiger partial charge is 0.356 e. The molecule has 0 saturated heterocycles. The first-order chi connectivity index (χ1) is 8.74. The van der Waals surface area contributed by atoms with Crippen LogP contribution in [-0.2, 0) is 11.4 Å². The number of benzene rings is 2. The highest BCUT2D eigenvalue weighted by atomic mass is 16.7. The summed E-state index contributed by atoms with van der Waals surface area (Å²) in [5.41, 5.74) is 3.19. The first-order valence-electron chi connectivity index (χ1n) is 5.46. The molecular weight excluding hydrogens is 230 g/mol. The van der Waals surface area contributed by atoms with Crippen molar-refractivity contribution in [2.45, 2.75) is 6.61 Å². The molecule has 0 aliphatic rings. The van der Waals surface area contributed by atoms with Crippen LogP contribution in [0.2, 0.25) is 0 Å². The fraction of sp³-hybridized carbons (Fsp3) is 0.0714. The van der Waals surface area contributed by atoms with Gasteiger partial charge in [0, 0.05) is 0 Å². The van der Waals surface area contributed by atoms with E-state index in [1.165, 1.54) is 0 Å². The lowest BCUT2D eigenvalue weighted by Crippen LogP contribution is -2.09. The molecule has 0 spiro atoms. The highest BCUT2D eigenvalue weighted by Crippen LogP contribution is 2.21. The third-order valence-corrected chi connectivity index (χ3v) is 2.67. The zero-order valence-corrected chi connectivity index (χ0v) is 9.67. The van der Waals surface area contributed by atoms with E-state index in [2.05, 4.69) is 4.84 Å². The molecule has 0 unspecified atom stereocenters. The lowest BCUT2D eigenvalue weighted by molar-refractivity contribution is 0.0503. The molecule has 0 aliphatic heterocycles. The monoisotopic (exact) mass is 243 g/mol. The number of carbonyl (C=O) groups excluding carboxylic acids is 1. The van der Waals surface area contributed by atoms with Crippen LogP contribution in [0.5, 0.6) is 0 Å². The van der Waals surface area contributed by atoms with Gasteiger partial charge < -0.3 is 9.94 Å². The Balaban J connectivity index is 2.31. The van der Waals surface area contributed by atoms with Gasteiger partial charge in [-0.25, -0.2) is 4.79 Å². The average molecular weight is 243 g/mol. The second-order valence-corrected chi connectivity index (χ2v) is 3.84. The first kappa shape index (κ1) is 12.3. The van der Waals surface area contributed by atoms with Gasteiger partial charge in [-0.1, -0.05) is 30.3 Å². The van der Waals surface area contributed by atoms with Gasteiger partial charge in [0.2, 0.25) is 0 Å². The van der Waals surface area contributed by atoms with Crippen LogP contribution in [0.1, 0.15) is 15.9 Å². The van der Waals surface area contributed by atoms with Crippen LogP contribution >= 0.6 is 0 Å². The molecule has 0 heterocycles. The number of carbonyl (C=O) groups is 1. The van der Waals surface area contributed by atoms with Crippen LogP contribution in [0.4, 0.5) is 0 Å². The van der Waals surface area contributed by atoms with Gasteiger partial charge in [0.05, 0.1) is 12.2 Å². The molecule has 4 nitrogen and oxygen atoms in total. The topological polar surface area (TPSA) is 72.5 Å². The molecule has 2 aromatic rings. The van der Waals surface area contributed by atoms with Crippen LogP contribution in [0.25, 0.3) is 11.1 Å². The quantitative estimate of drug-likeness (QED) is 0.807. The second-order valence-electron chi connectivity index (χ2n) is 3.84. The van der Waals surface area contributed by atoms with E-state index in [-0.39, 0.29) is 6.61 Å². The molecule has 0 aliphatic carbocycles. The second kappa shape index (κ2) is 5.44. The largest absolute Gasteiger partial charge is 0.392 e. The van der Waals surface area contributed by atoms with Gasteiger partial charge in [0.25, 0.3) is 0 Å². The SMILES string of the molecule is NOC(=O)c1ccc(-c2cccc(CO)c2)cc1. The van der Waals surface area contributed by atoms with Crippen molar-refractivity contribution in [3.8, 4) is 11.1 Å². The van der Waals surface area contributed by atoms with Crippen molar-refractivity contribution in [1.82, 2.24) is 0 Å². The molecule has 0 atom stereocenters. The minimum atomic E-state index is -0.564. The van der Waals surface area contributed by atoms with E-state index in [9.17, 15) is 4.79 Å². The molecule has 2 aromatic carbocycles. The van der Waals surface area contributed by atoms with E-state index in [0.29, 0.717) is 5.56 Å². The number of hydrogen-bond acceptors (Lipinski definition) is 4. The summed E-state index contributed by atoms with van der Waals surface area (Å²) >= 11 is 0. The molecule has 0 aromatic heterocycles. The third kappa shape index (κ3) is 2.56. The summed E-state index contributed by atoms with van der Waals surface area (Å²) in [6.45, 7) is 0.00538. The van der Waals surface area contributed by atoms with E-state index in [0.717, 1.165) is 16.7 Å². The Kier molecular flexibility index (Phi) is 3.72. The van der Waals surface area contributed by atoms with Crippen LogP contribution in [0.15, 0.2) is 48.5 Å². The van der Waals surface area contributed by atoms with E-state index in [1.54, 1.807) is 12.1 Å². The standard InChI is InChI=1S/C14H13NO3/c15-18-14(17)12-6-4-11(5-7-12)13-3-1-2-10(8-13)9-16/h1-8,16H,9,15H2. The molecule has 0 bridgehead atoms. The predicted octanol–water partition coefficient (Wildman–Crippen LogP) is 1.88.